The second kappa shape index (κ2) is 6.98. The average Bonchev–Trinajstić information content (AvgIpc) is 3.02. The summed E-state index contributed by atoms with van der Waals surface area (Å²) in [5, 5.41) is 5.78. The number of amides is 3. The van der Waals surface area contributed by atoms with E-state index in [1.54, 1.807) is 23.1 Å². The number of anilines is 1. The van der Waals surface area contributed by atoms with Crippen LogP contribution in [0.1, 0.15) is 26.7 Å². The summed E-state index contributed by atoms with van der Waals surface area (Å²) in [5.74, 6) is 1.04. The highest BCUT2D eigenvalue weighted by molar-refractivity contribution is 5.93. The zero-order valence-corrected chi connectivity index (χ0v) is 14.0. The van der Waals surface area contributed by atoms with E-state index in [0.717, 1.165) is 12.8 Å². The van der Waals surface area contributed by atoms with E-state index in [1.165, 1.54) is 0 Å². The van der Waals surface area contributed by atoms with Crippen molar-refractivity contribution in [3.63, 3.8) is 0 Å². The van der Waals surface area contributed by atoms with Gasteiger partial charge < -0.3 is 25.0 Å². The highest BCUT2D eigenvalue weighted by Gasteiger charge is 2.29. The Morgan fingerprint density at radius 1 is 1.25 bits per heavy atom. The molecule has 7 nitrogen and oxygen atoms in total. The molecular weight excluding hydrogens is 310 g/mol. The van der Waals surface area contributed by atoms with Gasteiger partial charge >= 0.3 is 6.03 Å². The van der Waals surface area contributed by atoms with Gasteiger partial charge in [-0.2, -0.15) is 0 Å². The molecule has 1 unspecified atom stereocenters. The predicted octanol–water partition coefficient (Wildman–Crippen LogP) is 2.18. The fourth-order valence-electron chi connectivity index (χ4n) is 2.93. The maximum atomic E-state index is 12.5. The van der Waals surface area contributed by atoms with E-state index in [4.69, 9.17) is 9.47 Å². The van der Waals surface area contributed by atoms with Gasteiger partial charge in [0.15, 0.2) is 11.5 Å². The number of rotatable bonds is 3. The van der Waals surface area contributed by atoms with E-state index in [9.17, 15) is 9.59 Å². The molecule has 0 saturated carbocycles. The lowest BCUT2D eigenvalue weighted by molar-refractivity contribution is -0.121. The minimum atomic E-state index is -0.206. The Kier molecular flexibility index (Phi) is 4.78. The number of carbonyl (C=O) groups is 2. The van der Waals surface area contributed by atoms with Crippen LogP contribution in [0.2, 0.25) is 0 Å². The van der Waals surface area contributed by atoms with Crippen molar-refractivity contribution in [2.45, 2.75) is 32.7 Å². The topological polar surface area (TPSA) is 79.9 Å². The predicted molar refractivity (Wildman–Crippen MR) is 89.2 cm³/mol. The lowest BCUT2D eigenvalue weighted by atomic mass is 9.97. The molecule has 130 valence electrons. The number of fused-ring (bicyclic) bond motifs is 1. The molecule has 3 rings (SSSR count). The third kappa shape index (κ3) is 3.72. The van der Waals surface area contributed by atoms with Gasteiger partial charge in [0.05, 0.1) is 5.92 Å². The Balaban J connectivity index is 1.59. The fraction of sp³-hybridized carbons (Fsp3) is 0.529. The van der Waals surface area contributed by atoms with E-state index >= 15 is 0 Å². The van der Waals surface area contributed by atoms with E-state index in [1.807, 2.05) is 13.8 Å². The molecule has 0 spiro atoms. The Hall–Kier alpha value is -2.44. The molecule has 0 aliphatic carbocycles. The average molecular weight is 333 g/mol. The van der Waals surface area contributed by atoms with Gasteiger partial charge in [0.25, 0.3) is 0 Å². The number of benzene rings is 1. The van der Waals surface area contributed by atoms with Gasteiger partial charge in [-0.3, -0.25) is 4.79 Å². The van der Waals surface area contributed by atoms with Gasteiger partial charge in [-0.1, -0.05) is 0 Å². The standard InChI is InChI=1S/C17H23N3O4/c1-11(2)18-17(22)20-7-3-4-12(9-20)16(21)19-13-5-6-14-15(8-13)24-10-23-14/h5-6,8,11-12H,3-4,7,9-10H2,1-2H3,(H,18,22)(H,19,21). The number of likely N-dealkylation sites (tertiary alicyclic amines) is 1. The molecule has 2 aliphatic heterocycles. The molecule has 1 fully saturated rings. The zero-order chi connectivity index (χ0) is 17.1. The summed E-state index contributed by atoms with van der Waals surface area (Å²) in [4.78, 5) is 26.3. The Bertz CT molecular complexity index is 632. The smallest absolute Gasteiger partial charge is 0.317 e. The normalized spacial score (nSPS) is 19.3. The number of nitrogens with zero attached hydrogens (tertiary/aromatic N) is 1. The molecular formula is C17H23N3O4. The Morgan fingerprint density at radius 2 is 2.04 bits per heavy atom. The second-order valence-electron chi connectivity index (χ2n) is 6.45. The zero-order valence-electron chi connectivity index (χ0n) is 14.0. The number of ether oxygens (including phenoxy) is 2. The minimum Gasteiger partial charge on any atom is -0.454 e. The second-order valence-corrected chi connectivity index (χ2v) is 6.45. The monoisotopic (exact) mass is 333 g/mol. The van der Waals surface area contributed by atoms with Crippen molar-refractivity contribution >= 4 is 17.6 Å². The van der Waals surface area contributed by atoms with E-state index in [2.05, 4.69) is 10.6 Å². The van der Waals surface area contributed by atoms with Crippen LogP contribution in [0.3, 0.4) is 0 Å². The number of urea groups is 1. The van der Waals surface area contributed by atoms with Gasteiger partial charge in [-0.05, 0) is 38.8 Å². The number of hydrogen-bond acceptors (Lipinski definition) is 4. The molecule has 2 N–H and O–H groups in total. The van der Waals surface area contributed by atoms with E-state index < -0.39 is 0 Å². The molecule has 0 radical (unpaired) electrons. The molecule has 3 amide bonds. The number of hydrogen-bond donors (Lipinski definition) is 2. The highest BCUT2D eigenvalue weighted by Crippen LogP contribution is 2.34. The Morgan fingerprint density at radius 3 is 2.83 bits per heavy atom. The number of piperidine rings is 1. The quantitative estimate of drug-likeness (QED) is 0.888. The highest BCUT2D eigenvalue weighted by atomic mass is 16.7. The largest absolute Gasteiger partial charge is 0.454 e. The van der Waals surface area contributed by atoms with Crippen LogP contribution >= 0.6 is 0 Å². The molecule has 24 heavy (non-hydrogen) atoms. The third-order valence-corrected chi connectivity index (χ3v) is 4.13. The molecule has 1 atom stereocenters. The van der Waals surface area contributed by atoms with Crippen LogP contribution in [0.5, 0.6) is 11.5 Å². The summed E-state index contributed by atoms with van der Waals surface area (Å²) >= 11 is 0. The number of nitrogens with one attached hydrogen (secondary N) is 2. The maximum Gasteiger partial charge on any atom is 0.317 e. The third-order valence-electron chi connectivity index (χ3n) is 4.13. The van der Waals surface area contributed by atoms with Gasteiger partial charge in [-0.15, -0.1) is 0 Å². The van der Waals surface area contributed by atoms with Crippen LogP contribution < -0.4 is 20.1 Å². The van der Waals surface area contributed by atoms with Crippen molar-refractivity contribution in [2.75, 3.05) is 25.2 Å². The number of carbonyl (C=O) groups excluding carboxylic acids is 2. The van der Waals surface area contributed by atoms with Gasteiger partial charge in [-0.25, -0.2) is 4.79 Å². The van der Waals surface area contributed by atoms with Crippen molar-refractivity contribution in [3.05, 3.63) is 18.2 Å². The summed E-state index contributed by atoms with van der Waals surface area (Å²) in [6.07, 6.45) is 1.60. The molecule has 1 saturated heterocycles. The maximum absolute atomic E-state index is 12.5. The first-order valence-corrected chi connectivity index (χ1v) is 8.29. The van der Waals surface area contributed by atoms with Gasteiger partial charge in [0.1, 0.15) is 0 Å². The lowest BCUT2D eigenvalue weighted by Gasteiger charge is -2.32. The fourth-order valence-corrected chi connectivity index (χ4v) is 2.93. The molecule has 2 aliphatic rings. The van der Waals surface area contributed by atoms with Crippen molar-refractivity contribution in [2.24, 2.45) is 5.92 Å². The first-order chi connectivity index (χ1) is 11.5. The Labute approximate surface area is 141 Å². The first-order valence-electron chi connectivity index (χ1n) is 8.29. The SMILES string of the molecule is CC(C)NC(=O)N1CCCC(C(=O)Nc2ccc3c(c2)OCO3)C1. The van der Waals surface area contributed by atoms with Crippen LogP contribution in [-0.4, -0.2) is 42.8 Å². The van der Waals surface area contributed by atoms with Crippen LogP contribution in [0.4, 0.5) is 10.5 Å². The van der Waals surface area contributed by atoms with Crippen molar-refractivity contribution < 1.29 is 19.1 Å². The molecule has 0 aromatic heterocycles. The van der Waals surface area contributed by atoms with Crippen LogP contribution in [-0.2, 0) is 4.79 Å². The van der Waals surface area contributed by atoms with Gasteiger partial charge in [0, 0.05) is 30.9 Å². The van der Waals surface area contributed by atoms with Crippen LogP contribution in [0, 0.1) is 5.92 Å². The van der Waals surface area contributed by atoms with Gasteiger partial charge in [0.2, 0.25) is 12.7 Å². The summed E-state index contributed by atoms with van der Waals surface area (Å²) in [5.41, 5.74) is 0.674. The molecule has 0 bridgehead atoms. The van der Waals surface area contributed by atoms with Crippen LogP contribution in [0.25, 0.3) is 0 Å². The summed E-state index contributed by atoms with van der Waals surface area (Å²) in [6, 6.07) is 5.30. The van der Waals surface area contributed by atoms with Crippen LogP contribution in [0.15, 0.2) is 18.2 Å². The molecule has 1 aromatic rings. The molecule has 7 heteroatoms. The summed E-state index contributed by atoms with van der Waals surface area (Å²) < 4.78 is 10.6. The lowest BCUT2D eigenvalue weighted by Crippen LogP contribution is -2.49. The minimum absolute atomic E-state index is 0.0732. The van der Waals surface area contributed by atoms with Crippen molar-refractivity contribution in [1.29, 1.82) is 0 Å². The summed E-state index contributed by atoms with van der Waals surface area (Å²) in [7, 11) is 0. The molecule has 1 aromatic carbocycles. The van der Waals surface area contributed by atoms with E-state index in [0.29, 0.717) is 30.3 Å². The summed E-state index contributed by atoms with van der Waals surface area (Å²) in [6.45, 7) is 5.17. The van der Waals surface area contributed by atoms with Crippen molar-refractivity contribution in [1.82, 2.24) is 10.2 Å². The van der Waals surface area contributed by atoms with Crippen molar-refractivity contribution in [3.8, 4) is 11.5 Å². The molecule has 2 heterocycles. The van der Waals surface area contributed by atoms with E-state index in [-0.39, 0.29) is 30.7 Å². The first kappa shape index (κ1) is 16.4.